The van der Waals surface area contributed by atoms with Crippen LogP contribution in [0, 0.1) is 0 Å². The topological polar surface area (TPSA) is 198 Å². The van der Waals surface area contributed by atoms with Crippen LogP contribution in [0.5, 0.6) is 0 Å². The molecule has 2 fully saturated rings. The molecule has 2 heterocycles. The molecule has 14 heteroatoms. The third-order valence-electron chi connectivity index (χ3n) is 4.81. The van der Waals surface area contributed by atoms with Gasteiger partial charge in [0.05, 0.1) is 11.5 Å². The summed E-state index contributed by atoms with van der Waals surface area (Å²) in [6.45, 7) is -0.661. The fraction of sp³-hybridized carbons (Fsp3) is 0.412. The molecule has 2 aliphatic rings. The zero-order valence-corrected chi connectivity index (χ0v) is 17.0. The number of sulfonamides is 1. The smallest absolute Gasteiger partial charge is 0.328 e. The van der Waals surface area contributed by atoms with Gasteiger partial charge in [0.1, 0.15) is 30.1 Å². The Bertz CT molecular complexity index is 980. The van der Waals surface area contributed by atoms with Gasteiger partial charge in [0.25, 0.3) is 15.9 Å². The normalized spacial score (nSPS) is 30.7. The lowest BCUT2D eigenvalue weighted by atomic mass is 9.99. The van der Waals surface area contributed by atoms with Crippen LogP contribution in [0.3, 0.4) is 0 Å². The average Bonchev–Trinajstić information content (AvgIpc) is 2.98. The van der Waals surface area contributed by atoms with Gasteiger partial charge in [-0.3, -0.25) is 9.69 Å². The number of imide groups is 1. The first-order valence-electron chi connectivity index (χ1n) is 9.04. The Morgan fingerprint density at radius 1 is 1.13 bits per heavy atom. The van der Waals surface area contributed by atoms with Crippen molar-refractivity contribution >= 4 is 28.0 Å². The summed E-state index contributed by atoms with van der Waals surface area (Å²) in [6.07, 6.45) is -6.17. The van der Waals surface area contributed by atoms with Gasteiger partial charge in [-0.05, 0) is 23.8 Å². The number of hydrogen-bond acceptors (Lipinski definition) is 10. The first-order chi connectivity index (χ1) is 14.5. The number of urea groups is 1. The number of ether oxygens (including phenoxy) is 1. The van der Waals surface area contributed by atoms with Crippen LogP contribution >= 0.6 is 0 Å². The van der Waals surface area contributed by atoms with Crippen LogP contribution in [-0.4, -0.2) is 90.0 Å². The van der Waals surface area contributed by atoms with Crippen LogP contribution in [0.1, 0.15) is 5.56 Å². The van der Waals surface area contributed by atoms with Gasteiger partial charge < -0.3 is 30.5 Å². The molecule has 0 aliphatic carbocycles. The number of nitrogens with zero attached hydrogens (tertiary/aromatic N) is 1. The molecular formula is C17H22N4O9S. The Morgan fingerprint density at radius 2 is 1.77 bits per heavy atom. The number of carbonyl (C=O) groups is 2. The predicted octanol–water partition coefficient (Wildman–Crippen LogP) is -3.21. The average molecular weight is 458 g/mol. The largest absolute Gasteiger partial charge is 0.394 e. The Hall–Kier alpha value is -2.43. The molecule has 3 amide bonds. The monoisotopic (exact) mass is 458 g/mol. The highest BCUT2D eigenvalue weighted by molar-refractivity contribution is 7.89. The summed E-state index contributed by atoms with van der Waals surface area (Å²) in [5, 5.41) is 41.0. The Balaban J connectivity index is 1.67. The van der Waals surface area contributed by atoms with Crippen LogP contribution in [-0.2, 0) is 19.6 Å². The number of aliphatic hydroxyl groups excluding tert-OH is 4. The number of benzene rings is 1. The van der Waals surface area contributed by atoms with E-state index in [1.165, 1.54) is 37.4 Å². The number of rotatable bonds is 6. The van der Waals surface area contributed by atoms with Gasteiger partial charge in [-0.25, -0.2) is 18.6 Å². The molecule has 0 radical (unpaired) electrons. The number of hydrazine groups is 1. The van der Waals surface area contributed by atoms with Crippen LogP contribution in [0.2, 0.25) is 0 Å². The zero-order valence-electron chi connectivity index (χ0n) is 16.2. The number of hydrogen-bond donors (Lipinski definition) is 7. The summed E-state index contributed by atoms with van der Waals surface area (Å²) < 4.78 is 30.1. The summed E-state index contributed by atoms with van der Waals surface area (Å²) in [5.41, 5.74) is 2.72. The van der Waals surface area contributed by atoms with E-state index in [0.29, 0.717) is 5.56 Å². The highest BCUT2D eigenvalue weighted by atomic mass is 32.2. The van der Waals surface area contributed by atoms with E-state index < -0.39 is 59.2 Å². The molecule has 5 atom stereocenters. The van der Waals surface area contributed by atoms with Gasteiger partial charge in [-0.1, -0.05) is 12.1 Å². The van der Waals surface area contributed by atoms with Gasteiger partial charge in [-0.2, -0.15) is 0 Å². The fourth-order valence-corrected chi connectivity index (χ4v) is 3.83. The Morgan fingerprint density at radius 3 is 2.32 bits per heavy atom. The molecule has 0 aromatic heterocycles. The lowest BCUT2D eigenvalue weighted by Gasteiger charge is -2.40. The summed E-state index contributed by atoms with van der Waals surface area (Å²) in [5.74, 6) is -0.521. The second kappa shape index (κ2) is 8.97. The molecule has 2 aliphatic heterocycles. The number of amides is 3. The van der Waals surface area contributed by atoms with E-state index >= 15 is 0 Å². The van der Waals surface area contributed by atoms with E-state index in [2.05, 4.69) is 10.7 Å². The van der Waals surface area contributed by atoms with Crippen molar-refractivity contribution in [1.29, 1.82) is 0 Å². The van der Waals surface area contributed by atoms with Crippen LogP contribution in [0.15, 0.2) is 34.9 Å². The van der Waals surface area contributed by atoms with E-state index in [-0.39, 0.29) is 10.6 Å². The Labute approximate surface area is 176 Å². The molecule has 0 bridgehead atoms. The third-order valence-corrected chi connectivity index (χ3v) is 6.09. The van der Waals surface area contributed by atoms with Crippen molar-refractivity contribution < 1.29 is 43.2 Å². The summed E-state index contributed by atoms with van der Waals surface area (Å²) >= 11 is 0. The van der Waals surface area contributed by atoms with Gasteiger partial charge in [0.2, 0.25) is 0 Å². The molecule has 31 heavy (non-hydrogen) atoms. The molecule has 3 rings (SSSR count). The van der Waals surface area contributed by atoms with Gasteiger partial charge in [-0.15, -0.1) is 4.83 Å². The van der Waals surface area contributed by atoms with Crippen molar-refractivity contribution in [2.75, 3.05) is 13.7 Å². The minimum atomic E-state index is -4.14. The second-order valence-electron chi connectivity index (χ2n) is 6.92. The van der Waals surface area contributed by atoms with E-state index in [1.54, 1.807) is 0 Å². The van der Waals surface area contributed by atoms with Crippen LogP contribution < -0.4 is 15.6 Å². The molecule has 170 valence electrons. The SMILES string of the molecule is CN1C(=O)N/C(=C\c2ccc(S(=O)(=O)NN[C@@H]3O[C@H](CO)[C@H](O)[C@H](O)[C@H]3O)cc2)C1=O. The third kappa shape index (κ3) is 4.76. The van der Waals surface area contributed by atoms with Crippen LogP contribution in [0.25, 0.3) is 6.08 Å². The maximum absolute atomic E-state index is 12.5. The maximum atomic E-state index is 12.5. The predicted molar refractivity (Wildman–Crippen MR) is 103 cm³/mol. The van der Waals surface area contributed by atoms with Crippen molar-refractivity contribution in [3.05, 3.63) is 35.5 Å². The van der Waals surface area contributed by atoms with Gasteiger partial charge in [0.15, 0.2) is 6.23 Å². The van der Waals surface area contributed by atoms with Gasteiger partial charge in [0, 0.05) is 7.05 Å². The molecular weight excluding hydrogens is 436 g/mol. The van der Waals surface area contributed by atoms with E-state index in [0.717, 1.165) is 4.90 Å². The number of likely N-dealkylation sites (N-methyl/N-ethyl adjacent to an activating group) is 1. The molecule has 0 unspecified atom stereocenters. The lowest BCUT2D eigenvalue weighted by Crippen LogP contribution is -2.64. The molecule has 1 aromatic rings. The van der Waals surface area contributed by atoms with E-state index in [4.69, 9.17) is 9.84 Å². The zero-order chi connectivity index (χ0) is 22.9. The van der Waals surface area contributed by atoms with Gasteiger partial charge >= 0.3 is 6.03 Å². The summed E-state index contributed by atoms with van der Waals surface area (Å²) in [4.78, 5) is 26.1. The lowest BCUT2D eigenvalue weighted by molar-refractivity contribution is -0.237. The Kier molecular flexibility index (Phi) is 6.73. The first kappa shape index (κ1) is 23.2. The molecule has 0 saturated carbocycles. The van der Waals surface area contributed by atoms with Crippen molar-refractivity contribution in [2.45, 2.75) is 35.5 Å². The molecule has 7 N–H and O–H groups in total. The molecule has 1 aromatic carbocycles. The van der Waals surface area contributed by atoms with E-state index in [1.807, 2.05) is 4.83 Å². The highest BCUT2D eigenvalue weighted by Crippen LogP contribution is 2.20. The minimum Gasteiger partial charge on any atom is -0.394 e. The molecule has 2 saturated heterocycles. The summed E-state index contributed by atoms with van der Waals surface area (Å²) in [7, 11) is -2.81. The summed E-state index contributed by atoms with van der Waals surface area (Å²) in [6, 6.07) is 4.74. The van der Waals surface area contributed by atoms with Crippen molar-refractivity contribution in [3.63, 3.8) is 0 Å². The fourth-order valence-electron chi connectivity index (χ4n) is 2.95. The van der Waals surface area contributed by atoms with Crippen molar-refractivity contribution in [2.24, 2.45) is 0 Å². The van der Waals surface area contributed by atoms with Crippen molar-refractivity contribution in [1.82, 2.24) is 20.5 Å². The van der Waals surface area contributed by atoms with Crippen molar-refractivity contribution in [3.8, 4) is 0 Å². The maximum Gasteiger partial charge on any atom is 0.328 e. The standard InChI is InChI=1S/C17H22N4O9S/c1-21-16(26)10(18-17(21)27)6-8-2-4-9(5-3-8)31(28,29)20-19-15-14(25)13(24)12(23)11(7-22)30-15/h2-6,11-15,19-20,22-25H,7H2,1H3,(H,18,27)/b10-6-/t11-,12+,13+,14-,15-/m1/s1. The quantitative estimate of drug-likeness (QED) is 0.129. The molecule has 13 nitrogen and oxygen atoms in total. The van der Waals surface area contributed by atoms with E-state index in [9.17, 15) is 33.3 Å². The number of nitrogens with one attached hydrogen (secondary N) is 3. The molecule has 0 spiro atoms. The van der Waals surface area contributed by atoms with Crippen LogP contribution in [0.4, 0.5) is 4.79 Å². The first-order valence-corrected chi connectivity index (χ1v) is 10.5. The number of carbonyl (C=O) groups excluding carboxylic acids is 2. The number of aliphatic hydroxyl groups is 4. The highest BCUT2D eigenvalue weighted by Gasteiger charge is 2.43. The second-order valence-corrected chi connectivity index (χ2v) is 8.60. The minimum absolute atomic E-state index is 0.0468.